The van der Waals surface area contributed by atoms with Gasteiger partial charge >= 0.3 is 24.1 Å². The molecule has 0 aromatic carbocycles. The van der Waals surface area contributed by atoms with E-state index in [2.05, 4.69) is 0 Å². The fraction of sp³-hybridized carbons (Fsp3) is 0.750. The van der Waals surface area contributed by atoms with Gasteiger partial charge in [0.1, 0.15) is 0 Å². The van der Waals surface area contributed by atoms with Crippen molar-refractivity contribution >= 4 is 17.9 Å². The molecule has 0 N–H and O–H groups in total. The van der Waals surface area contributed by atoms with E-state index in [0.717, 1.165) is 6.42 Å². The molecule has 1 heterocycles. The highest BCUT2D eigenvalue weighted by molar-refractivity contribution is 6.09. The molecule has 30 heavy (non-hydrogen) atoms. The third-order valence-electron chi connectivity index (χ3n) is 5.32. The van der Waals surface area contributed by atoms with E-state index < -0.39 is 46.8 Å². The van der Waals surface area contributed by atoms with Crippen molar-refractivity contribution in [3.63, 3.8) is 0 Å². The van der Waals surface area contributed by atoms with E-state index in [1.165, 1.54) is 20.8 Å². The molecule has 0 bridgehead atoms. The number of hydrogen-bond donors (Lipinski definition) is 0. The first-order valence-corrected chi connectivity index (χ1v) is 10.1. The van der Waals surface area contributed by atoms with Gasteiger partial charge in [0.05, 0.1) is 25.4 Å². The standard InChI is InChI=1S/C20H27F3O7/c1-4-27-15(24)14-20(16(25)28-5-2,17(26)29-6-3)13(12-19(21,22)23)18(30-14)10-8-7-9-11-18/h12,14H,4-11H2,1-3H3/b13-12+. The van der Waals surface area contributed by atoms with E-state index in [1.54, 1.807) is 0 Å². The Morgan fingerprint density at radius 3 is 1.90 bits per heavy atom. The van der Waals surface area contributed by atoms with Crippen molar-refractivity contribution in [1.82, 2.24) is 0 Å². The fourth-order valence-electron chi connectivity index (χ4n) is 4.25. The normalized spacial score (nSPS) is 23.9. The zero-order valence-electron chi connectivity index (χ0n) is 17.3. The predicted octanol–water partition coefficient (Wildman–Crippen LogP) is 3.25. The molecule has 2 fully saturated rings. The molecule has 0 radical (unpaired) electrons. The molecule has 1 aliphatic heterocycles. The van der Waals surface area contributed by atoms with Gasteiger partial charge in [0.25, 0.3) is 0 Å². The SMILES string of the molecule is CCOC(=O)C1OC2(CCCCC2)/C(=C\C(F)(F)F)C1(C(=O)OCC)C(=O)OCC. The van der Waals surface area contributed by atoms with Crippen LogP contribution in [0, 0.1) is 5.41 Å². The van der Waals surface area contributed by atoms with E-state index >= 15 is 0 Å². The van der Waals surface area contributed by atoms with E-state index in [9.17, 15) is 27.6 Å². The van der Waals surface area contributed by atoms with Crippen LogP contribution in [-0.4, -0.2) is 55.6 Å². The molecule has 1 aliphatic carbocycles. The summed E-state index contributed by atoms with van der Waals surface area (Å²) in [4.78, 5) is 39.0. The maximum atomic E-state index is 13.6. The van der Waals surface area contributed by atoms with Crippen LogP contribution in [0.3, 0.4) is 0 Å². The lowest BCUT2D eigenvalue weighted by atomic mass is 9.67. The summed E-state index contributed by atoms with van der Waals surface area (Å²) in [5, 5.41) is 0. The Labute approximate surface area is 172 Å². The average Bonchev–Trinajstić information content (AvgIpc) is 2.92. The van der Waals surface area contributed by atoms with Gasteiger partial charge in [0, 0.05) is 6.08 Å². The van der Waals surface area contributed by atoms with Crippen LogP contribution < -0.4 is 0 Å². The number of rotatable bonds is 6. The van der Waals surface area contributed by atoms with Crippen LogP contribution in [0.25, 0.3) is 0 Å². The molecule has 1 atom stereocenters. The summed E-state index contributed by atoms with van der Waals surface area (Å²) in [6.45, 7) is 3.81. The molecule has 1 spiro atoms. The number of carbonyl (C=O) groups is 3. The van der Waals surface area contributed by atoms with Crippen molar-refractivity contribution in [3.8, 4) is 0 Å². The molecular formula is C20H27F3O7. The van der Waals surface area contributed by atoms with Crippen molar-refractivity contribution in [2.45, 2.75) is 70.8 Å². The highest BCUT2D eigenvalue weighted by Crippen LogP contribution is 2.57. The minimum atomic E-state index is -4.88. The Balaban J connectivity index is 2.84. The van der Waals surface area contributed by atoms with Crippen LogP contribution in [-0.2, 0) is 33.3 Å². The number of ether oxygens (including phenoxy) is 4. The summed E-state index contributed by atoms with van der Waals surface area (Å²) in [5.41, 5.74) is -4.99. The van der Waals surface area contributed by atoms with Gasteiger partial charge in [0.2, 0.25) is 5.41 Å². The first kappa shape index (κ1) is 24.2. The quantitative estimate of drug-likeness (QED) is 0.273. The Hall–Kier alpha value is -2.10. The van der Waals surface area contributed by atoms with Crippen LogP contribution in [0.1, 0.15) is 52.9 Å². The molecule has 1 saturated carbocycles. The Morgan fingerprint density at radius 2 is 1.47 bits per heavy atom. The minimum Gasteiger partial charge on any atom is -0.465 e. The van der Waals surface area contributed by atoms with Crippen molar-refractivity contribution in [3.05, 3.63) is 11.6 Å². The summed E-state index contributed by atoms with van der Waals surface area (Å²) in [7, 11) is 0. The molecule has 1 unspecified atom stereocenters. The highest BCUT2D eigenvalue weighted by Gasteiger charge is 2.73. The van der Waals surface area contributed by atoms with E-state index in [1.807, 2.05) is 0 Å². The Kier molecular flexibility index (Phi) is 7.54. The lowest BCUT2D eigenvalue weighted by Crippen LogP contribution is -2.53. The summed E-state index contributed by atoms with van der Waals surface area (Å²) >= 11 is 0. The first-order chi connectivity index (χ1) is 14.1. The van der Waals surface area contributed by atoms with E-state index in [0.29, 0.717) is 12.8 Å². The summed E-state index contributed by atoms with van der Waals surface area (Å²) in [6.07, 6.45) is -4.93. The van der Waals surface area contributed by atoms with Crippen molar-refractivity contribution < 1.29 is 46.5 Å². The first-order valence-electron chi connectivity index (χ1n) is 10.1. The van der Waals surface area contributed by atoms with Crippen molar-refractivity contribution in [2.24, 2.45) is 5.41 Å². The summed E-state index contributed by atoms with van der Waals surface area (Å²) in [6, 6.07) is 0. The largest absolute Gasteiger partial charge is 0.465 e. The van der Waals surface area contributed by atoms with Crippen LogP contribution in [0.2, 0.25) is 0 Å². The minimum absolute atomic E-state index is 0.106. The van der Waals surface area contributed by atoms with Gasteiger partial charge in [0.15, 0.2) is 6.10 Å². The smallest absolute Gasteiger partial charge is 0.409 e. The molecule has 7 nitrogen and oxygen atoms in total. The second kappa shape index (κ2) is 9.36. The second-order valence-corrected chi connectivity index (χ2v) is 7.15. The number of alkyl halides is 3. The Bertz CT molecular complexity index is 675. The number of esters is 3. The molecule has 1 saturated heterocycles. The zero-order chi connectivity index (χ0) is 22.6. The van der Waals surface area contributed by atoms with Gasteiger partial charge in [-0.25, -0.2) is 4.79 Å². The fourth-order valence-corrected chi connectivity index (χ4v) is 4.25. The Morgan fingerprint density at radius 1 is 0.967 bits per heavy atom. The van der Waals surface area contributed by atoms with Crippen LogP contribution in [0.5, 0.6) is 0 Å². The molecule has 0 aromatic heterocycles. The van der Waals surface area contributed by atoms with E-state index in [4.69, 9.17) is 18.9 Å². The average molecular weight is 436 g/mol. The summed E-state index contributed by atoms with van der Waals surface area (Å²) in [5.74, 6) is -3.76. The van der Waals surface area contributed by atoms with Crippen LogP contribution in [0.4, 0.5) is 13.2 Å². The predicted molar refractivity (Wildman–Crippen MR) is 97.2 cm³/mol. The zero-order valence-corrected chi connectivity index (χ0v) is 17.3. The maximum absolute atomic E-state index is 13.6. The van der Waals surface area contributed by atoms with E-state index in [-0.39, 0.29) is 38.7 Å². The van der Waals surface area contributed by atoms with Gasteiger partial charge in [-0.3, -0.25) is 9.59 Å². The monoisotopic (exact) mass is 436 g/mol. The highest BCUT2D eigenvalue weighted by atomic mass is 19.4. The number of halogens is 3. The van der Waals surface area contributed by atoms with Crippen molar-refractivity contribution in [1.29, 1.82) is 0 Å². The second-order valence-electron chi connectivity index (χ2n) is 7.15. The van der Waals surface area contributed by atoms with Gasteiger partial charge < -0.3 is 18.9 Å². The number of hydrogen-bond acceptors (Lipinski definition) is 7. The molecule has 170 valence electrons. The third-order valence-corrected chi connectivity index (χ3v) is 5.32. The van der Waals surface area contributed by atoms with Crippen LogP contribution >= 0.6 is 0 Å². The van der Waals surface area contributed by atoms with Crippen molar-refractivity contribution in [2.75, 3.05) is 19.8 Å². The van der Waals surface area contributed by atoms with Gasteiger partial charge in [-0.05, 0) is 39.2 Å². The molecule has 10 heteroatoms. The third kappa shape index (κ3) is 4.33. The van der Waals surface area contributed by atoms with Crippen LogP contribution in [0.15, 0.2) is 11.6 Å². The van der Waals surface area contributed by atoms with Gasteiger partial charge in [-0.15, -0.1) is 0 Å². The molecular weight excluding hydrogens is 409 g/mol. The molecule has 2 aliphatic rings. The number of carbonyl (C=O) groups excluding carboxylic acids is 3. The maximum Gasteiger partial charge on any atom is 0.409 e. The summed E-state index contributed by atoms with van der Waals surface area (Å²) < 4.78 is 61.7. The lowest BCUT2D eigenvalue weighted by molar-refractivity contribution is -0.186. The number of allylic oxidation sites excluding steroid dienone is 1. The van der Waals surface area contributed by atoms with Gasteiger partial charge in [-0.2, -0.15) is 13.2 Å². The lowest BCUT2D eigenvalue weighted by Gasteiger charge is -2.36. The molecule has 0 aromatic rings. The van der Waals surface area contributed by atoms with Gasteiger partial charge in [-0.1, -0.05) is 19.3 Å². The topological polar surface area (TPSA) is 88.1 Å². The molecule has 0 amide bonds. The molecule has 2 rings (SSSR count).